The molecule has 1 saturated heterocycles. The van der Waals surface area contributed by atoms with E-state index in [9.17, 15) is 4.79 Å². The Morgan fingerprint density at radius 1 is 1.50 bits per heavy atom. The molecule has 0 unspecified atom stereocenters. The fourth-order valence-electron chi connectivity index (χ4n) is 2.28. The number of amides is 1. The molecule has 104 valence electrons. The van der Waals surface area contributed by atoms with Crippen LogP contribution in [0.5, 0.6) is 0 Å². The molecule has 1 aliphatic heterocycles. The Morgan fingerprint density at radius 3 is 2.67 bits per heavy atom. The highest BCUT2D eigenvalue weighted by molar-refractivity contribution is 5.78. The van der Waals surface area contributed by atoms with Crippen molar-refractivity contribution in [2.75, 3.05) is 39.3 Å². The Labute approximate surface area is 111 Å². The van der Waals surface area contributed by atoms with Crippen molar-refractivity contribution in [3.63, 3.8) is 0 Å². The summed E-state index contributed by atoms with van der Waals surface area (Å²) >= 11 is 0. The van der Waals surface area contributed by atoms with Gasteiger partial charge in [0.1, 0.15) is 0 Å². The highest BCUT2D eigenvalue weighted by Gasteiger charge is 2.31. The molecule has 0 bridgehead atoms. The van der Waals surface area contributed by atoms with Crippen molar-refractivity contribution in [2.24, 2.45) is 0 Å². The van der Waals surface area contributed by atoms with Crippen LogP contribution < -0.4 is 5.32 Å². The van der Waals surface area contributed by atoms with Gasteiger partial charge in [-0.05, 0) is 27.7 Å². The SMILES string of the molecule is C=C(C)CN(CC)C(=O)CN1CCNCC1(C)C. The van der Waals surface area contributed by atoms with E-state index in [1.54, 1.807) is 0 Å². The third-order valence-corrected chi connectivity index (χ3v) is 3.49. The van der Waals surface area contributed by atoms with Crippen LogP contribution in [0, 0.1) is 0 Å². The van der Waals surface area contributed by atoms with Crippen molar-refractivity contribution >= 4 is 5.91 Å². The first-order chi connectivity index (χ1) is 8.36. The van der Waals surface area contributed by atoms with Crippen molar-refractivity contribution < 1.29 is 4.79 Å². The molecule has 18 heavy (non-hydrogen) atoms. The van der Waals surface area contributed by atoms with E-state index in [1.165, 1.54) is 0 Å². The Kier molecular flexibility index (Phi) is 5.35. The standard InChI is InChI=1S/C14H27N3O/c1-6-16(9-12(2)3)13(18)10-17-8-7-15-11-14(17,4)5/h15H,2,6-11H2,1,3-5H3. The van der Waals surface area contributed by atoms with E-state index in [0.717, 1.165) is 31.8 Å². The summed E-state index contributed by atoms with van der Waals surface area (Å²) in [6, 6.07) is 0. The quantitative estimate of drug-likeness (QED) is 0.745. The average Bonchev–Trinajstić information content (AvgIpc) is 2.28. The Hall–Kier alpha value is -0.870. The lowest BCUT2D eigenvalue weighted by molar-refractivity contribution is -0.133. The van der Waals surface area contributed by atoms with Gasteiger partial charge in [-0.2, -0.15) is 0 Å². The van der Waals surface area contributed by atoms with Gasteiger partial charge in [-0.15, -0.1) is 0 Å². The summed E-state index contributed by atoms with van der Waals surface area (Å²) in [5.41, 5.74) is 1.08. The molecule has 1 aliphatic rings. The minimum atomic E-state index is 0.0521. The molecule has 1 amide bonds. The Bertz CT molecular complexity index is 312. The van der Waals surface area contributed by atoms with Crippen LogP contribution in [0.15, 0.2) is 12.2 Å². The number of hydrogen-bond acceptors (Lipinski definition) is 3. The number of likely N-dealkylation sites (N-methyl/N-ethyl adjacent to an activating group) is 1. The summed E-state index contributed by atoms with van der Waals surface area (Å²) in [5, 5.41) is 3.37. The van der Waals surface area contributed by atoms with E-state index in [-0.39, 0.29) is 11.4 Å². The third-order valence-electron chi connectivity index (χ3n) is 3.49. The molecule has 1 fully saturated rings. The summed E-state index contributed by atoms with van der Waals surface area (Å²) < 4.78 is 0. The zero-order chi connectivity index (χ0) is 13.8. The van der Waals surface area contributed by atoms with Crippen LogP contribution in [0.2, 0.25) is 0 Å². The number of hydrogen-bond donors (Lipinski definition) is 1. The Balaban J connectivity index is 2.59. The lowest BCUT2D eigenvalue weighted by Gasteiger charge is -2.43. The summed E-state index contributed by atoms with van der Waals surface area (Å²) in [6.45, 7) is 17.0. The largest absolute Gasteiger partial charge is 0.338 e. The summed E-state index contributed by atoms with van der Waals surface area (Å²) in [5.74, 6) is 0.204. The summed E-state index contributed by atoms with van der Waals surface area (Å²) in [7, 11) is 0. The second-order valence-electron chi connectivity index (χ2n) is 5.78. The van der Waals surface area contributed by atoms with E-state index in [0.29, 0.717) is 13.1 Å². The smallest absolute Gasteiger partial charge is 0.237 e. The van der Waals surface area contributed by atoms with Crippen molar-refractivity contribution in [3.05, 3.63) is 12.2 Å². The maximum atomic E-state index is 12.3. The number of rotatable bonds is 5. The minimum absolute atomic E-state index is 0.0521. The van der Waals surface area contributed by atoms with Gasteiger partial charge in [0.05, 0.1) is 6.54 Å². The first-order valence-corrected chi connectivity index (χ1v) is 6.74. The lowest BCUT2D eigenvalue weighted by atomic mass is 10.0. The number of piperazine rings is 1. The monoisotopic (exact) mass is 253 g/mol. The van der Waals surface area contributed by atoms with Crippen LogP contribution in [0.25, 0.3) is 0 Å². The van der Waals surface area contributed by atoms with Gasteiger partial charge in [0.25, 0.3) is 0 Å². The average molecular weight is 253 g/mol. The van der Waals surface area contributed by atoms with E-state index in [4.69, 9.17) is 0 Å². The van der Waals surface area contributed by atoms with Gasteiger partial charge < -0.3 is 10.2 Å². The van der Waals surface area contributed by atoms with Gasteiger partial charge >= 0.3 is 0 Å². The minimum Gasteiger partial charge on any atom is -0.338 e. The van der Waals surface area contributed by atoms with Gasteiger partial charge in [-0.25, -0.2) is 0 Å². The zero-order valence-electron chi connectivity index (χ0n) is 12.3. The molecule has 0 atom stereocenters. The van der Waals surface area contributed by atoms with Crippen LogP contribution >= 0.6 is 0 Å². The van der Waals surface area contributed by atoms with E-state index in [2.05, 4.69) is 30.6 Å². The van der Waals surface area contributed by atoms with Crippen molar-refractivity contribution in [1.82, 2.24) is 15.1 Å². The fraction of sp³-hybridized carbons (Fsp3) is 0.786. The normalized spacial score (nSPS) is 19.6. The van der Waals surface area contributed by atoms with Gasteiger partial charge in [-0.1, -0.05) is 12.2 Å². The van der Waals surface area contributed by atoms with Crippen LogP contribution in [-0.4, -0.2) is 60.5 Å². The molecule has 4 nitrogen and oxygen atoms in total. The van der Waals surface area contributed by atoms with Crippen molar-refractivity contribution in [2.45, 2.75) is 33.2 Å². The highest BCUT2D eigenvalue weighted by atomic mass is 16.2. The second-order valence-corrected chi connectivity index (χ2v) is 5.78. The summed E-state index contributed by atoms with van der Waals surface area (Å²) in [6.07, 6.45) is 0. The number of carbonyl (C=O) groups excluding carboxylic acids is 1. The molecule has 0 aromatic carbocycles. The van der Waals surface area contributed by atoms with E-state index < -0.39 is 0 Å². The zero-order valence-corrected chi connectivity index (χ0v) is 12.3. The van der Waals surface area contributed by atoms with E-state index in [1.807, 2.05) is 18.7 Å². The molecule has 0 aliphatic carbocycles. The molecular formula is C14H27N3O. The van der Waals surface area contributed by atoms with Crippen LogP contribution in [0.1, 0.15) is 27.7 Å². The number of carbonyl (C=O) groups is 1. The van der Waals surface area contributed by atoms with Gasteiger partial charge in [0, 0.05) is 38.3 Å². The lowest BCUT2D eigenvalue weighted by Crippen LogP contribution is -2.60. The molecular weight excluding hydrogens is 226 g/mol. The second kappa shape index (κ2) is 6.34. The van der Waals surface area contributed by atoms with Gasteiger partial charge in [0.2, 0.25) is 5.91 Å². The fourth-order valence-corrected chi connectivity index (χ4v) is 2.28. The van der Waals surface area contributed by atoms with Gasteiger partial charge in [0.15, 0.2) is 0 Å². The summed E-state index contributed by atoms with van der Waals surface area (Å²) in [4.78, 5) is 16.4. The topological polar surface area (TPSA) is 35.6 Å². The molecule has 1 heterocycles. The predicted molar refractivity (Wildman–Crippen MR) is 75.6 cm³/mol. The maximum absolute atomic E-state index is 12.3. The molecule has 0 radical (unpaired) electrons. The predicted octanol–water partition coefficient (Wildman–Crippen LogP) is 1.09. The highest BCUT2D eigenvalue weighted by Crippen LogP contribution is 2.16. The van der Waals surface area contributed by atoms with Crippen LogP contribution in [0.3, 0.4) is 0 Å². The Morgan fingerprint density at radius 2 is 2.17 bits per heavy atom. The molecule has 0 aromatic heterocycles. The molecule has 4 heteroatoms. The first-order valence-electron chi connectivity index (χ1n) is 6.74. The van der Waals surface area contributed by atoms with Crippen molar-refractivity contribution in [3.8, 4) is 0 Å². The molecule has 1 rings (SSSR count). The molecule has 1 N–H and O–H groups in total. The first kappa shape index (κ1) is 15.2. The number of nitrogens with one attached hydrogen (secondary N) is 1. The van der Waals surface area contributed by atoms with Crippen molar-refractivity contribution in [1.29, 1.82) is 0 Å². The maximum Gasteiger partial charge on any atom is 0.237 e. The molecule has 0 aromatic rings. The third kappa shape index (κ3) is 4.10. The van der Waals surface area contributed by atoms with Crippen LogP contribution in [-0.2, 0) is 4.79 Å². The molecule has 0 spiro atoms. The van der Waals surface area contributed by atoms with E-state index >= 15 is 0 Å². The van der Waals surface area contributed by atoms with Gasteiger partial charge in [-0.3, -0.25) is 9.69 Å². The van der Waals surface area contributed by atoms with Crippen LogP contribution in [0.4, 0.5) is 0 Å². The molecule has 0 saturated carbocycles. The number of nitrogens with zero attached hydrogens (tertiary/aromatic N) is 2.